The summed E-state index contributed by atoms with van der Waals surface area (Å²) >= 11 is 0. The van der Waals surface area contributed by atoms with Gasteiger partial charge in [-0.15, -0.1) is 0 Å². The smallest absolute Gasteiger partial charge is 0.143 e. The maximum absolute atomic E-state index is 10.4. The molecule has 10 aromatic carbocycles. The first-order valence-electron chi connectivity index (χ1n) is 36.7. The largest absolute Gasteiger partial charge is 0.455 e. The van der Waals surface area contributed by atoms with Crippen LogP contribution in [-0.2, 0) is 0 Å². The molecule has 0 saturated carbocycles. The van der Waals surface area contributed by atoms with Gasteiger partial charge in [0.05, 0.1) is 63.1 Å². The van der Waals surface area contributed by atoms with Crippen molar-refractivity contribution in [3.63, 3.8) is 0 Å². The number of anilines is 3. The third kappa shape index (κ3) is 5.98. The molecular formula is C58H38N2O. The Bertz CT molecular complexity index is 5660. The predicted octanol–water partition coefficient (Wildman–Crippen LogP) is 16.3. The molecule has 0 aliphatic rings. The lowest BCUT2D eigenvalue weighted by atomic mass is 9.99. The van der Waals surface area contributed by atoms with Gasteiger partial charge in [-0.05, 0) is 111 Å². The summed E-state index contributed by atoms with van der Waals surface area (Å²) in [5, 5.41) is -4.17. The number of para-hydroxylation sites is 3. The van der Waals surface area contributed by atoms with Crippen LogP contribution < -0.4 is 4.90 Å². The molecular weight excluding hydrogens is 741 g/mol. The summed E-state index contributed by atoms with van der Waals surface area (Å²) in [5.41, 5.74) is -14.2. The predicted molar refractivity (Wildman–Crippen MR) is 257 cm³/mol. The molecule has 0 aliphatic heterocycles. The number of benzene rings is 10. The molecule has 12 rings (SSSR count). The number of nitrogens with zero attached hydrogens (tertiary/aromatic N) is 2. The van der Waals surface area contributed by atoms with E-state index in [0.717, 1.165) is 0 Å². The van der Waals surface area contributed by atoms with Crippen LogP contribution in [0.4, 0.5) is 17.1 Å². The molecule has 2 heterocycles. The first kappa shape index (κ1) is 13.7. The lowest BCUT2D eigenvalue weighted by Crippen LogP contribution is -2.10. The van der Waals surface area contributed by atoms with Gasteiger partial charge in [-0.2, -0.15) is 0 Å². The summed E-state index contributed by atoms with van der Waals surface area (Å²) in [6, 6.07) is -41.8. The average molecular weight is 817 g/mol. The summed E-state index contributed by atoms with van der Waals surface area (Å²) in [6.07, 6.45) is 0. The van der Waals surface area contributed by atoms with E-state index in [9.17, 15) is 21.9 Å². The summed E-state index contributed by atoms with van der Waals surface area (Å²) in [6.45, 7) is 0. The van der Waals surface area contributed by atoms with E-state index >= 15 is 0 Å². The van der Waals surface area contributed by atoms with Gasteiger partial charge in [-0.25, -0.2) is 0 Å². The van der Waals surface area contributed by atoms with Crippen LogP contribution >= 0.6 is 0 Å². The second-order valence-corrected chi connectivity index (χ2v) is 12.8. The minimum Gasteiger partial charge on any atom is -0.455 e. The van der Waals surface area contributed by atoms with Crippen molar-refractivity contribution in [1.29, 1.82) is 0 Å². The highest BCUT2D eigenvalue weighted by atomic mass is 16.3. The van der Waals surface area contributed by atoms with Crippen LogP contribution in [0.25, 0.3) is 93.6 Å². The number of fused-ring (bicyclic) bond motifs is 7. The fraction of sp³-hybridized carbons (Fsp3) is 0. The molecule has 12 aromatic rings. The summed E-state index contributed by atoms with van der Waals surface area (Å²) < 4.78 is 354. The third-order valence-corrected chi connectivity index (χ3v) is 9.31. The van der Waals surface area contributed by atoms with Crippen LogP contribution in [-0.4, -0.2) is 4.57 Å². The van der Waals surface area contributed by atoms with E-state index in [1.165, 1.54) is 0 Å². The number of rotatable bonds is 7. The van der Waals surface area contributed by atoms with Crippen molar-refractivity contribution < 1.29 is 56.5 Å². The van der Waals surface area contributed by atoms with Crippen LogP contribution in [0.3, 0.4) is 0 Å². The van der Waals surface area contributed by atoms with Crippen molar-refractivity contribution in [2.45, 2.75) is 0 Å². The summed E-state index contributed by atoms with van der Waals surface area (Å²) in [4.78, 5) is 0.231. The van der Waals surface area contributed by atoms with Crippen molar-refractivity contribution in [1.82, 2.24) is 4.57 Å². The zero-order valence-electron chi connectivity index (χ0n) is 68.3. The van der Waals surface area contributed by atoms with E-state index in [4.69, 9.17) is 34.6 Å². The summed E-state index contributed by atoms with van der Waals surface area (Å²) in [5.74, 6) is 0. The lowest BCUT2D eigenvalue weighted by Gasteiger charge is -2.27. The molecule has 61 heavy (non-hydrogen) atoms. The Morgan fingerprint density at radius 2 is 0.885 bits per heavy atom. The Labute approximate surface area is 407 Å². The molecule has 0 fully saturated rings. The zero-order chi connectivity index (χ0) is 73.3. The van der Waals surface area contributed by atoms with Gasteiger partial charge in [0.1, 0.15) is 11.2 Å². The maximum atomic E-state index is 10.4. The molecule has 0 aliphatic carbocycles. The second-order valence-electron chi connectivity index (χ2n) is 12.8. The number of aromatic nitrogens is 1. The third-order valence-electron chi connectivity index (χ3n) is 9.31. The fourth-order valence-corrected chi connectivity index (χ4v) is 6.62. The van der Waals surface area contributed by atoms with E-state index in [2.05, 4.69) is 0 Å². The molecule has 0 atom stereocenters. The van der Waals surface area contributed by atoms with Crippen molar-refractivity contribution in [3.05, 3.63) is 230 Å². The van der Waals surface area contributed by atoms with Gasteiger partial charge in [0.15, 0.2) is 0 Å². The van der Waals surface area contributed by atoms with E-state index in [0.29, 0.717) is 4.57 Å². The molecule has 286 valence electrons. The van der Waals surface area contributed by atoms with Gasteiger partial charge in [-0.3, -0.25) is 0 Å². The highest BCUT2D eigenvalue weighted by molar-refractivity contribution is 6.12. The molecule has 0 radical (unpaired) electrons. The van der Waals surface area contributed by atoms with Gasteiger partial charge >= 0.3 is 0 Å². The number of furan rings is 1. The summed E-state index contributed by atoms with van der Waals surface area (Å²) in [7, 11) is 0. The van der Waals surface area contributed by atoms with Crippen LogP contribution in [0.1, 0.15) is 52.1 Å². The SMILES string of the molecule is [2H]c1c([2H])c([2H])c(-c2c([2H])c([2H])c(N(c3c([2H])c([2H])c(-c4c([2H])c([2H])c5c([2H])c([2H])c([2H])c([2H])c5c4[2H])c([2H])c3[2H])c3c([2H])c(-c4c([2H])c([2H])c(-n5c6c([2H])c([2H])c([2H])c([2H])c6c6c([2H])c([2H])c([2H])c([2H])c65)c([2H])c4[2H])c4oc5c([2H])c([2H])c([2H])c([2H])c5c4c3[2H])c([2H])c2[2H])c([2H])c1[2H]. The van der Waals surface area contributed by atoms with E-state index in [1.807, 2.05) is 0 Å². The van der Waals surface area contributed by atoms with Gasteiger partial charge in [-0.1, -0.05) is 157 Å². The molecule has 0 saturated heterocycles. The lowest BCUT2D eigenvalue weighted by molar-refractivity contribution is 0.670. The van der Waals surface area contributed by atoms with Crippen LogP contribution in [0, 0.1) is 0 Å². The Morgan fingerprint density at radius 3 is 1.57 bits per heavy atom. The fourth-order valence-electron chi connectivity index (χ4n) is 6.62. The molecule has 0 spiro atoms. The van der Waals surface area contributed by atoms with Crippen molar-refractivity contribution >= 4 is 71.6 Å². The highest BCUT2D eigenvalue weighted by Crippen LogP contribution is 2.44. The van der Waals surface area contributed by atoms with E-state index in [-0.39, 0.29) is 4.90 Å². The molecule has 0 N–H and O–H groups in total. The zero-order valence-corrected chi connectivity index (χ0v) is 30.3. The molecule has 3 heteroatoms. The first-order valence-corrected chi connectivity index (χ1v) is 17.7. The Hall–Kier alpha value is -8.14. The van der Waals surface area contributed by atoms with Gasteiger partial charge in [0.2, 0.25) is 0 Å². The highest BCUT2D eigenvalue weighted by Gasteiger charge is 2.21. The minimum atomic E-state index is -1.42. The Morgan fingerprint density at radius 1 is 0.361 bits per heavy atom. The maximum Gasteiger partial charge on any atom is 0.143 e. The van der Waals surface area contributed by atoms with Gasteiger partial charge < -0.3 is 13.9 Å². The van der Waals surface area contributed by atoms with Crippen molar-refractivity contribution in [3.8, 4) is 39.1 Å². The standard InChI is InChI=1S/C58H38N2O/c1-2-12-39(13-3-1)41-24-30-46(31-25-41)59(47-32-26-42(27-33-47)45-23-22-40-14-4-5-15-44(40)36-45)49-37-53(58-54(38-49)52-18-8-11-21-57(52)61-58)43-28-34-48(35-29-43)60-55-19-9-6-16-50(55)51-17-7-10-20-56(51)60/h1-38H/i1D,2D,3D,4D,5D,6D,7D,8D,9D,10D,11D,12D,13D,14D,15D,16D,17D,18D,19D,20D,21D,22D,23D,24D,25D,26D,27D,28D,29D,30D,31D,32D,33D,34D,35D,36D,37D,38D. The van der Waals surface area contributed by atoms with Gasteiger partial charge in [0, 0.05) is 49.9 Å². The van der Waals surface area contributed by atoms with Crippen LogP contribution in [0.15, 0.2) is 234 Å². The molecule has 0 amide bonds. The van der Waals surface area contributed by atoms with E-state index < -0.39 is 340 Å². The Kier molecular flexibility index (Phi) is 3.21. The Balaban J connectivity index is 1.30. The van der Waals surface area contributed by atoms with Crippen molar-refractivity contribution in [2.75, 3.05) is 4.90 Å². The van der Waals surface area contributed by atoms with Gasteiger partial charge in [0.25, 0.3) is 0 Å². The normalized spacial score (nSPS) is 20.3. The van der Waals surface area contributed by atoms with Crippen LogP contribution in [0.5, 0.6) is 0 Å². The quantitative estimate of drug-likeness (QED) is 0.160. The molecule has 0 bridgehead atoms. The number of hydrogen-bond acceptors (Lipinski definition) is 2. The average Bonchev–Trinajstić information content (AvgIpc) is 1.49. The topological polar surface area (TPSA) is 21.3 Å². The first-order chi connectivity index (χ1) is 46.1. The monoisotopic (exact) mass is 817 g/mol. The van der Waals surface area contributed by atoms with Crippen LogP contribution in [0.2, 0.25) is 0 Å². The number of hydrogen-bond donors (Lipinski definition) is 0. The van der Waals surface area contributed by atoms with E-state index in [1.54, 1.807) is 0 Å². The molecule has 0 unspecified atom stereocenters. The van der Waals surface area contributed by atoms with Crippen molar-refractivity contribution in [2.24, 2.45) is 0 Å². The second kappa shape index (κ2) is 14.3. The minimum absolute atomic E-state index is 0.231. The molecule has 3 nitrogen and oxygen atoms in total. The molecule has 2 aromatic heterocycles.